The lowest BCUT2D eigenvalue weighted by molar-refractivity contribution is 0.111. The highest BCUT2D eigenvalue weighted by atomic mass is 16.1. The van der Waals surface area contributed by atoms with Gasteiger partial charge in [-0.3, -0.25) is 4.79 Å². The van der Waals surface area contributed by atoms with Crippen LogP contribution in [-0.2, 0) is 0 Å². The third kappa shape index (κ3) is 3.25. The second-order valence-corrected chi connectivity index (χ2v) is 3.74. The molecule has 0 fully saturated rings. The van der Waals surface area contributed by atoms with Gasteiger partial charge in [-0.2, -0.15) is 0 Å². The van der Waals surface area contributed by atoms with Gasteiger partial charge >= 0.3 is 0 Å². The molecule has 84 valence electrons. The molecule has 0 aromatic carbocycles. The van der Waals surface area contributed by atoms with E-state index < -0.39 is 0 Å². The molecule has 2 rings (SSSR count). The molecule has 1 aromatic rings. The molecule has 4 heteroatoms. The molecule has 1 aromatic heterocycles. The highest BCUT2D eigenvalue weighted by molar-refractivity contribution is 5.77. The van der Waals surface area contributed by atoms with Crippen LogP contribution in [0.15, 0.2) is 18.2 Å². The first kappa shape index (κ1) is 9.98. The minimum absolute atomic E-state index is 0.684. The monoisotopic (exact) mass is 213 g/mol. The zero-order valence-corrected chi connectivity index (χ0v) is 9.40. The van der Waals surface area contributed by atoms with Crippen molar-refractivity contribution < 1.29 is 7.76 Å². The Kier molecular flexibility index (Phi) is 3.57. The fourth-order valence-electron chi connectivity index (χ4n) is 1.19. The number of nitrogens with zero attached hydrogens (tertiary/aromatic N) is 2. The summed E-state index contributed by atoms with van der Waals surface area (Å²) in [6.45, 7) is 0.836. The molecule has 1 N–H and O–H groups in total. The first-order valence-electron chi connectivity index (χ1n) is 5.83. The van der Waals surface area contributed by atoms with Gasteiger partial charge in [0.2, 0.25) is 0 Å². The van der Waals surface area contributed by atoms with Gasteiger partial charge in [-0.15, -0.1) is 0 Å². The van der Waals surface area contributed by atoms with Gasteiger partial charge in [0.05, 0.1) is 5.69 Å². The third-order valence-corrected chi connectivity index (χ3v) is 1.73. The third-order valence-electron chi connectivity index (χ3n) is 1.73. The number of anilines is 1. The fourth-order valence-corrected chi connectivity index (χ4v) is 1.19. The van der Waals surface area contributed by atoms with Crippen molar-refractivity contribution in [1.82, 2.24) is 9.47 Å². The molecule has 1 aliphatic rings. The van der Waals surface area contributed by atoms with Gasteiger partial charge in [0.1, 0.15) is 5.82 Å². The van der Waals surface area contributed by atoms with E-state index in [2.05, 4.69) is 5.32 Å². The van der Waals surface area contributed by atoms with Crippen molar-refractivity contribution in [1.29, 1.82) is 0 Å². The van der Waals surface area contributed by atoms with Crippen molar-refractivity contribution in [2.24, 2.45) is 0 Å². The molecule has 2 heterocycles. The molecule has 0 unspecified atom stereocenters. The summed E-state index contributed by atoms with van der Waals surface area (Å²) in [5.41, 5.74) is 0.684. The largest absolute Gasteiger partial charge is 0.368 e. The molecular formula is C11H19N3O. The van der Waals surface area contributed by atoms with Gasteiger partial charge in [0, 0.05) is 15.7 Å². The van der Waals surface area contributed by atoms with Crippen molar-refractivity contribution in [3.8, 4) is 0 Å². The Balaban J connectivity index is 0.000000368. The van der Waals surface area contributed by atoms with Crippen LogP contribution in [0.25, 0.3) is 6.20 Å². The molecule has 0 spiro atoms. The Labute approximate surface area is 93.3 Å². The molecule has 0 saturated heterocycles. The predicted molar refractivity (Wildman–Crippen MR) is 65.4 cm³/mol. The Bertz CT molecular complexity index is 359. The normalized spacial score (nSPS) is 13.1. The van der Waals surface area contributed by atoms with Crippen LogP contribution >= 0.6 is 0 Å². The van der Waals surface area contributed by atoms with Crippen LogP contribution in [0.5, 0.6) is 0 Å². The van der Waals surface area contributed by atoms with Crippen LogP contribution in [0.4, 0.5) is 5.82 Å². The van der Waals surface area contributed by atoms with Crippen LogP contribution in [0.1, 0.15) is 13.5 Å². The van der Waals surface area contributed by atoms with E-state index in [9.17, 15) is 4.79 Å². The zero-order valence-electron chi connectivity index (χ0n) is 11.4. The summed E-state index contributed by atoms with van der Waals surface area (Å²) in [4.78, 5) is 12.5. The van der Waals surface area contributed by atoms with E-state index in [-0.39, 0.29) is 0 Å². The van der Waals surface area contributed by atoms with Crippen molar-refractivity contribution in [2.75, 3.05) is 33.0 Å². The summed E-state index contributed by atoms with van der Waals surface area (Å²) < 4.78 is 11.8. The molecule has 0 aliphatic carbocycles. The van der Waals surface area contributed by atoms with E-state index in [1.54, 1.807) is 6.07 Å². The fraction of sp³-hybridized carbons (Fsp3) is 0.364. The molecule has 0 bridgehead atoms. The van der Waals surface area contributed by atoms with Crippen molar-refractivity contribution in [3.63, 3.8) is 0 Å². The van der Waals surface area contributed by atoms with Crippen molar-refractivity contribution in [2.45, 2.75) is 0 Å². The smallest absolute Gasteiger partial charge is 0.166 e. The van der Waals surface area contributed by atoms with Crippen molar-refractivity contribution >= 4 is 18.3 Å². The van der Waals surface area contributed by atoms with E-state index in [1.807, 2.05) is 49.0 Å². The molecule has 0 saturated carbocycles. The van der Waals surface area contributed by atoms with Gasteiger partial charge in [-0.05, 0) is 39.4 Å². The minimum Gasteiger partial charge on any atom is -0.368 e. The topological polar surface area (TPSA) is 37.3 Å². The van der Waals surface area contributed by atoms with Gasteiger partial charge < -0.3 is 14.8 Å². The Morgan fingerprint density at radius 1 is 1.53 bits per heavy atom. The average Bonchev–Trinajstić information content (AvgIpc) is 2.74. The minimum atomic E-state index is 0.684. The van der Waals surface area contributed by atoms with Gasteiger partial charge in [0.25, 0.3) is 0 Å². The molecule has 15 heavy (non-hydrogen) atoms. The highest BCUT2D eigenvalue weighted by Crippen LogP contribution is 2.16. The Morgan fingerprint density at radius 2 is 2.20 bits per heavy atom. The lowest BCUT2D eigenvalue weighted by atomic mass is 10.5. The number of fused-ring (bicyclic) bond motifs is 1. The summed E-state index contributed by atoms with van der Waals surface area (Å²) in [7, 11) is 6.00. The average molecular weight is 213 g/mol. The SMILES string of the molecule is CN(C)C.O=Cc1ccc2n1C=CCN2.[3H][3H]. The molecular weight excluding hydrogens is 190 g/mol. The predicted octanol–water partition coefficient (Wildman–Crippen LogP) is 1.62. The first-order chi connectivity index (χ1) is 8.15. The van der Waals surface area contributed by atoms with Crippen LogP contribution in [-0.4, -0.2) is 43.4 Å². The standard InChI is InChI=1S/C8H8N2O.C3H9N.H2/c11-6-7-2-3-8-9-4-1-5-10(7)8;1-4(2)3;/h1-3,5-6,9H,4H2;1-3H3;1H/i;;1+2T. The summed E-state index contributed by atoms with van der Waals surface area (Å²) in [5.74, 6) is 0.981. The quantitative estimate of drug-likeness (QED) is 0.720. The van der Waals surface area contributed by atoms with E-state index in [0.29, 0.717) is 5.69 Å². The molecule has 0 amide bonds. The van der Waals surface area contributed by atoms with Gasteiger partial charge in [0.15, 0.2) is 6.29 Å². The van der Waals surface area contributed by atoms with E-state index in [0.717, 1.165) is 18.6 Å². The van der Waals surface area contributed by atoms with Crippen LogP contribution in [0.2, 0.25) is 0 Å². The Morgan fingerprint density at radius 3 is 2.80 bits per heavy atom. The highest BCUT2D eigenvalue weighted by Gasteiger charge is 2.05. The van der Waals surface area contributed by atoms with Crippen LogP contribution in [0.3, 0.4) is 0 Å². The Hall–Kier alpha value is -1.55. The maximum absolute atomic E-state index is 10.5. The summed E-state index contributed by atoms with van der Waals surface area (Å²) in [6, 6.07) is 3.69. The number of hydrogen-bond acceptors (Lipinski definition) is 3. The summed E-state index contributed by atoms with van der Waals surface area (Å²) in [5, 5.41) is 3.13. The number of hydrogen-bond donors (Lipinski definition) is 1. The zero-order chi connectivity index (χ0) is 13.3. The first-order valence-corrected chi connectivity index (χ1v) is 4.83. The molecule has 0 radical (unpaired) electrons. The number of carbonyl (C=O) groups excluding carboxylic acids is 1. The maximum atomic E-state index is 10.5. The van der Waals surface area contributed by atoms with Gasteiger partial charge in [-0.1, -0.05) is 0 Å². The number of nitrogens with one attached hydrogen (secondary N) is 1. The van der Waals surface area contributed by atoms with E-state index in [4.69, 9.17) is 2.97 Å². The number of aromatic nitrogens is 1. The van der Waals surface area contributed by atoms with Crippen LogP contribution < -0.4 is 5.32 Å². The van der Waals surface area contributed by atoms with Crippen molar-refractivity contribution in [3.05, 3.63) is 23.9 Å². The lowest BCUT2D eigenvalue weighted by Crippen LogP contribution is -2.09. The second-order valence-electron chi connectivity index (χ2n) is 3.74. The van der Waals surface area contributed by atoms with E-state index >= 15 is 0 Å². The molecule has 1 aliphatic heterocycles. The lowest BCUT2D eigenvalue weighted by Gasteiger charge is -2.11. The number of carbonyl (C=O) groups is 1. The van der Waals surface area contributed by atoms with Gasteiger partial charge in [-0.25, -0.2) is 0 Å². The van der Waals surface area contributed by atoms with Crippen LogP contribution in [0, 0.1) is 0 Å². The number of aldehydes is 1. The summed E-state index contributed by atoms with van der Waals surface area (Å²) >= 11 is 0. The molecule has 0 atom stereocenters. The molecule has 4 nitrogen and oxygen atoms in total. The second kappa shape index (κ2) is 5.36. The summed E-state index contributed by atoms with van der Waals surface area (Å²) in [6.07, 6.45) is 4.72. The maximum Gasteiger partial charge on any atom is 0.166 e. The van der Waals surface area contributed by atoms with E-state index in [1.165, 1.54) is 0 Å². The number of rotatable bonds is 1.